The fourth-order valence-electron chi connectivity index (χ4n) is 1.88. The monoisotopic (exact) mass is 288 g/mol. The van der Waals surface area contributed by atoms with Gasteiger partial charge in [-0.15, -0.1) is 6.42 Å². The Morgan fingerprint density at radius 2 is 2.20 bits per heavy atom. The van der Waals surface area contributed by atoms with Crippen molar-refractivity contribution in [1.82, 2.24) is 9.78 Å². The van der Waals surface area contributed by atoms with Crippen molar-refractivity contribution < 1.29 is 9.53 Å². The van der Waals surface area contributed by atoms with E-state index in [9.17, 15) is 4.79 Å². The normalized spacial score (nSPS) is 10.1. The summed E-state index contributed by atoms with van der Waals surface area (Å²) in [5.41, 5.74) is 2.88. The zero-order valence-electron chi connectivity index (χ0n) is 11.2. The molecule has 0 aliphatic rings. The minimum Gasteiger partial charge on any atom is -0.449 e. The molecule has 0 saturated heterocycles. The molecule has 1 heterocycles. The highest BCUT2D eigenvalue weighted by Gasteiger charge is 2.14. The number of esters is 1. The van der Waals surface area contributed by atoms with Gasteiger partial charge in [-0.2, -0.15) is 5.10 Å². The van der Waals surface area contributed by atoms with Gasteiger partial charge in [0.05, 0.1) is 22.0 Å². The van der Waals surface area contributed by atoms with Crippen molar-refractivity contribution in [3.05, 3.63) is 46.2 Å². The van der Waals surface area contributed by atoms with Gasteiger partial charge in [0.15, 0.2) is 6.61 Å². The average Bonchev–Trinajstić information content (AvgIpc) is 2.75. The van der Waals surface area contributed by atoms with Gasteiger partial charge >= 0.3 is 5.97 Å². The van der Waals surface area contributed by atoms with Gasteiger partial charge in [-0.05, 0) is 38.1 Å². The minimum absolute atomic E-state index is 0.0840. The Kier molecular flexibility index (Phi) is 4.11. The van der Waals surface area contributed by atoms with Gasteiger partial charge in [0.25, 0.3) is 0 Å². The van der Waals surface area contributed by atoms with Crippen LogP contribution in [0.4, 0.5) is 0 Å². The van der Waals surface area contributed by atoms with E-state index in [2.05, 4.69) is 11.0 Å². The molecule has 0 fully saturated rings. The van der Waals surface area contributed by atoms with Crippen LogP contribution in [-0.2, 0) is 4.74 Å². The first-order chi connectivity index (χ1) is 9.52. The highest BCUT2D eigenvalue weighted by molar-refractivity contribution is 6.33. The first-order valence-corrected chi connectivity index (χ1v) is 6.34. The zero-order valence-corrected chi connectivity index (χ0v) is 11.9. The Morgan fingerprint density at radius 3 is 2.80 bits per heavy atom. The summed E-state index contributed by atoms with van der Waals surface area (Å²) in [7, 11) is 0. The van der Waals surface area contributed by atoms with Crippen LogP contribution in [0.2, 0.25) is 5.02 Å². The molecule has 0 radical (unpaired) electrons. The Bertz CT molecular complexity index is 698. The second kappa shape index (κ2) is 5.81. The van der Waals surface area contributed by atoms with Gasteiger partial charge in [-0.3, -0.25) is 0 Å². The molecule has 1 aromatic carbocycles. The molecule has 0 atom stereocenters. The molecule has 5 heteroatoms. The lowest BCUT2D eigenvalue weighted by Crippen LogP contribution is -2.08. The van der Waals surface area contributed by atoms with Crippen LogP contribution < -0.4 is 0 Å². The van der Waals surface area contributed by atoms with Crippen LogP contribution in [0.3, 0.4) is 0 Å². The van der Waals surface area contributed by atoms with Crippen molar-refractivity contribution in [1.29, 1.82) is 0 Å². The van der Waals surface area contributed by atoms with Crippen LogP contribution >= 0.6 is 11.6 Å². The van der Waals surface area contributed by atoms with Gasteiger partial charge in [0.2, 0.25) is 0 Å². The highest BCUT2D eigenvalue weighted by Crippen LogP contribution is 2.21. The van der Waals surface area contributed by atoms with Crippen molar-refractivity contribution in [2.75, 3.05) is 6.61 Å². The van der Waals surface area contributed by atoms with Gasteiger partial charge < -0.3 is 4.74 Å². The molecule has 4 nitrogen and oxygen atoms in total. The molecule has 0 amide bonds. The maximum Gasteiger partial charge on any atom is 0.340 e. The predicted molar refractivity (Wildman–Crippen MR) is 77.2 cm³/mol. The molecule has 0 unspecified atom stereocenters. The summed E-state index contributed by atoms with van der Waals surface area (Å²) in [4.78, 5) is 11.9. The lowest BCUT2D eigenvalue weighted by atomic mass is 10.2. The van der Waals surface area contributed by atoms with Crippen LogP contribution in [0.25, 0.3) is 5.69 Å². The number of rotatable bonds is 3. The van der Waals surface area contributed by atoms with Crippen molar-refractivity contribution in [2.24, 2.45) is 0 Å². The number of nitrogens with zero attached hydrogens (tertiary/aromatic N) is 2. The number of hydrogen-bond donors (Lipinski definition) is 0. The van der Waals surface area contributed by atoms with Crippen LogP contribution in [0.1, 0.15) is 21.7 Å². The molecular formula is C15H13ClN2O2. The standard InChI is InChI=1S/C15H13ClN2O2/c1-4-7-20-15(19)13-9-12(5-6-14(13)16)18-11(3)8-10(2)17-18/h1,5-6,8-9H,7H2,2-3H3. The van der Waals surface area contributed by atoms with E-state index in [0.29, 0.717) is 5.02 Å². The van der Waals surface area contributed by atoms with Crippen molar-refractivity contribution in [3.63, 3.8) is 0 Å². The Balaban J connectivity index is 2.41. The lowest BCUT2D eigenvalue weighted by molar-refractivity contribution is 0.0557. The highest BCUT2D eigenvalue weighted by atomic mass is 35.5. The minimum atomic E-state index is -0.545. The van der Waals surface area contributed by atoms with E-state index in [1.165, 1.54) is 0 Å². The van der Waals surface area contributed by atoms with Crippen molar-refractivity contribution >= 4 is 17.6 Å². The molecule has 2 aromatic rings. The summed E-state index contributed by atoms with van der Waals surface area (Å²) >= 11 is 6.02. The number of aromatic nitrogens is 2. The van der Waals surface area contributed by atoms with Crippen LogP contribution in [0.5, 0.6) is 0 Å². The fraction of sp³-hybridized carbons (Fsp3) is 0.200. The fourth-order valence-corrected chi connectivity index (χ4v) is 2.07. The summed E-state index contributed by atoms with van der Waals surface area (Å²) < 4.78 is 6.63. The molecule has 0 saturated carbocycles. The Morgan fingerprint density at radius 1 is 1.45 bits per heavy atom. The third-order valence-corrected chi connectivity index (χ3v) is 3.04. The van der Waals surface area contributed by atoms with Crippen molar-refractivity contribution in [2.45, 2.75) is 13.8 Å². The summed E-state index contributed by atoms with van der Waals surface area (Å²) in [6.07, 6.45) is 5.06. The second-order valence-corrected chi connectivity index (χ2v) is 4.69. The quantitative estimate of drug-likeness (QED) is 0.644. The number of benzene rings is 1. The van der Waals surface area contributed by atoms with E-state index in [4.69, 9.17) is 22.8 Å². The van der Waals surface area contributed by atoms with E-state index >= 15 is 0 Å². The van der Waals surface area contributed by atoms with Crippen LogP contribution in [-0.4, -0.2) is 22.4 Å². The Labute approximate surface area is 122 Å². The summed E-state index contributed by atoms with van der Waals surface area (Å²) in [6.45, 7) is 3.76. The number of hydrogen-bond acceptors (Lipinski definition) is 3. The number of halogens is 1. The van der Waals surface area contributed by atoms with Gasteiger partial charge in [-0.25, -0.2) is 9.48 Å². The lowest BCUT2D eigenvalue weighted by Gasteiger charge is -2.08. The first-order valence-electron chi connectivity index (χ1n) is 5.96. The number of terminal acetylenes is 1. The number of carbonyl (C=O) groups excluding carboxylic acids is 1. The summed E-state index contributed by atoms with van der Waals surface area (Å²) in [5.74, 6) is 1.70. The van der Waals surface area contributed by atoms with E-state index in [0.717, 1.165) is 17.1 Å². The van der Waals surface area contributed by atoms with Crippen molar-refractivity contribution in [3.8, 4) is 18.0 Å². The van der Waals surface area contributed by atoms with Gasteiger partial charge in [0.1, 0.15) is 0 Å². The molecule has 20 heavy (non-hydrogen) atoms. The third kappa shape index (κ3) is 2.84. The SMILES string of the molecule is C#CCOC(=O)c1cc(-n2nc(C)cc2C)ccc1Cl. The average molecular weight is 289 g/mol. The molecular weight excluding hydrogens is 276 g/mol. The van der Waals surface area contributed by atoms with E-state index in [1.54, 1.807) is 22.9 Å². The maximum atomic E-state index is 11.9. The zero-order chi connectivity index (χ0) is 14.7. The molecule has 2 rings (SSSR count). The van der Waals surface area contributed by atoms with E-state index in [-0.39, 0.29) is 12.2 Å². The van der Waals surface area contributed by atoms with E-state index in [1.807, 2.05) is 19.9 Å². The van der Waals surface area contributed by atoms with Gasteiger partial charge in [-0.1, -0.05) is 17.5 Å². The smallest absolute Gasteiger partial charge is 0.340 e. The van der Waals surface area contributed by atoms with Gasteiger partial charge in [0, 0.05) is 5.69 Å². The second-order valence-electron chi connectivity index (χ2n) is 4.28. The largest absolute Gasteiger partial charge is 0.449 e. The van der Waals surface area contributed by atoms with Crippen LogP contribution in [0, 0.1) is 26.2 Å². The third-order valence-electron chi connectivity index (χ3n) is 2.71. The number of ether oxygens (including phenoxy) is 1. The molecule has 0 aliphatic carbocycles. The number of aryl methyl sites for hydroxylation is 2. The molecule has 0 aliphatic heterocycles. The predicted octanol–water partition coefficient (Wildman–Crippen LogP) is 2.93. The Hall–Kier alpha value is -2.25. The molecule has 0 N–H and O–H groups in total. The number of carbonyl (C=O) groups is 1. The molecule has 102 valence electrons. The maximum absolute atomic E-state index is 11.9. The molecule has 1 aromatic heterocycles. The summed E-state index contributed by atoms with van der Waals surface area (Å²) in [5, 5.41) is 4.68. The topological polar surface area (TPSA) is 44.1 Å². The summed E-state index contributed by atoms with van der Waals surface area (Å²) in [6, 6.07) is 7.02. The van der Waals surface area contributed by atoms with E-state index < -0.39 is 5.97 Å². The first kappa shape index (κ1) is 14.2. The molecule has 0 spiro atoms. The van der Waals surface area contributed by atoms with Crippen LogP contribution in [0.15, 0.2) is 24.3 Å². The molecule has 0 bridgehead atoms.